The lowest BCUT2D eigenvalue weighted by Gasteiger charge is -2.43. The summed E-state index contributed by atoms with van der Waals surface area (Å²) in [7, 11) is -2.71. The van der Waals surface area contributed by atoms with Crippen LogP contribution in [0, 0.1) is 0 Å². The van der Waals surface area contributed by atoms with Gasteiger partial charge in [0.25, 0.3) is 0 Å². The van der Waals surface area contributed by atoms with Crippen molar-refractivity contribution in [2.24, 2.45) is 0 Å². The lowest BCUT2D eigenvalue weighted by molar-refractivity contribution is 0.487. The highest BCUT2D eigenvalue weighted by Crippen LogP contribution is 2.42. The number of hydrogen-bond acceptors (Lipinski definition) is 4. The first-order chi connectivity index (χ1) is 31.2. The van der Waals surface area contributed by atoms with E-state index in [1.807, 2.05) is 23.9 Å². The topological polar surface area (TPSA) is 25.6 Å². The molecule has 0 saturated heterocycles. The number of furan rings is 1. The summed E-state index contributed by atoms with van der Waals surface area (Å²) in [6.07, 6.45) is 0. The molecule has 13 rings (SSSR count). The summed E-state index contributed by atoms with van der Waals surface area (Å²) < 4.78 is 13.3. The van der Waals surface area contributed by atoms with Gasteiger partial charge in [0.2, 0.25) is 0 Å². The molecule has 0 atom stereocenters. The van der Waals surface area contributed by atoms with Gasteiger partial charge in [-0.2, -0.15) is 0 Å². The van der Waals surface area contributed by atoms with Gasteiger partial charge < -0.3 is 14.1 Å². The minimum atomic E-state index is -2.71. The molecular weight excluding hydrogens is 803 g/mol. The molecule has 0 saturated carbocycles. The molecule has 5 heteroatoms. The zero-order valence-corrected chi connectivity index (χ0v) is 35.9. The van der Waals surface area contributed by atoms with Crippen LogP contribution in [0.2, 0.25) is 0 Å². The maximum Gasteiger partial charge on any atom is 0.190 e. The van der Waals surface area contributed by atoms with E-state index in [0.29, 0.717) is 0 Å². The first-order valence-electron chi connectivity index (χ1n) is 21.4. The fourth-order valence-electron chi connectivity index (χ4n) is 10.2. The molecule has 10 aromatic carbocycles. The highest BCUT2D eigenvalue weighted by atomic mass is 32.2. The van der Waals surface area contributed by atoms with Crippen molar-refractivity contribution in [1.29, 1.82) is 0 Å². The molecule has 0 N–H and O–H groups in total. The van der Waals surface area contributed by atoms with Crippen molar-refractivity contribution >= 4 is 90.4 Å². The number of nitrogens with zero attached hydrogens (tertiary/aromatic N) is 1. The second-order valence-corrected chi connectivity index (χ2v) is 21.1. The van der Waals surface area contributed by atoms with Crippen LogP contribution in [0.25, 0.3) is 55.0 Å². The average molecular weight is 840 g/mol. The number of para-hydroxylation sites is 2. The number of hydrogen-bond donors (Lipinski definition) is 0. The minimum absolute atomic E-state index is 0.862. The molecule has 0 amide bonds. The summed E-state index contributed by atoms with van der Waals surface area (Å²) in [5.41, 5.74) is 9.53. The van der Waals surface area contributed by atoms with Gasteiger partial charge in [-0.25, -0.2) is 0 Å². The quantitative estimate of drug-likeness (QED) is 0.161. The van der Waals surface area contributed by atoms with Gasteiger partial charge in [0.05, 0.1) is 0 Å². The molecule has 0 fully saturated rings. The smallest absolute Gasteiger partial charge is 0.190 e. The third-order valence-electron chi connectivity index (χ3n) is 13.0. The summed E-state index contributed by atoms with van der Waals surface area (Å²) in [4.78, 5) is 4.98. The zero-order chi connectivity index (χ0) is 41.5. The molecular formula is C58H37NO2SSi. The van der Waals surface area contributed by atoms with Crippen LogP contribution in [-0.4, -0.2) is 8.07 Å². The van der Waals surface area contributed by atoms with E-state index in [1.165, 1.54) is 52.4 Å². The monoisotopic (exact) mass is 839 g/mol. The van der Waals surface area contributed by atoms with Crippen LogP contribution in [0.15, 0.2) is 239 Å². The van der Waals surface area contributed by atoms with Gasteiger partial charge >= 0.3 is 0 Å². The molecule has 0 radical (unpaired) electrons. The molecule has 3 nitrogen and oxygen atoms in total. The van der Waals surface area contributed by atoms with Crippen LogP contribution in [0.4, 0.5) is 17.1 Å². The number of fused-ring (bicyclic) bond motifs is 12. The molecule has 3 heterocycles. The van der Waals surface area contributed by atoms with E-state index in [2.05, 4.69) is 217 Å². The molecule has 0 bridgehead atoms. The van der Waals surface area contributed by atoms with Gasteiger partial charge in [-0.05, 0) is 121 Å². The van der Waals surface area contributed by atoms with Crippen molar-refractivity contribution in [3.63, 3.8) is 0 Å². The third kappa shape index (κ3) is 5.60. The van der Waals surface area contributed by atoms with Crippen molar-refractivity contribution < 1.29 is 9.15 Å². The Hall–Kier alpha value is -7.57. The Morgan fingerprint density at radius 2 is 0.937 bits per heavy atom. The van der Waals surface area contributed by atoms with Crippen LogP contribution in [0.3, 0.4) is 0 Å². The fourth-order valence-corrected chi connectivity index (χ4v) is 17.3. The van der Waals surface area contributed by atoms with Crippen molar-refractivity contribution in [2.75, 3.05) is 4.90 Å². The van der Waals surface area contributed by atoms with E-state index in [0.717, 1.165) is 61.6 Å². The third-order valence-corrected chi connectivity index (χ3v) is 19.4. The van der Waals surface area contributed by atoms with Crippen LogP contribution < -0.4 is 30.4 Å². The van der Waals surface area contributed by atoms with E-state index < -0.39 is 8.07 Å². The van der Waals surface area contributed by atoms with Crippen LogP contribution in [-0.2, 0) is 0 Å². The van der Waals surface area contributed by atoms with E-state index >= 15 is 0 Å². The van der Waals surface area contributed by atoms with Gasteiger partial charge in [-0.15, -0.1) is 0 Å². The number of anilines is 3. The van der Waals surface area contributed by atoms with Crippen LogP contribution in [0.5, 0.6) is 11.5 Å². The van der Waals surface area contributed by atoms with Gasteiger partial charge in [-0.3, -0.25) is 0 Å². The van der Waals surface area contributed by atoms with Crippen molar-refractivity contribution in [1.82, 2.24) is 0 Å². The average Bonchev–Trinajstić information content (AvgIpc) is 3.72. The van der Waals surface area contributed by atoms with E-state index in [4.69, 9.17) is 9.15 Å². The minimum Gasteiger partial charge on any atom is -0.458 e. The molecule has 11 aromatic rings. The molecule has 63 heavy (non-hydrogen) atoms. The Morgan fingerprint density at radius 3 is 1.71 bits per heavy atom. The van der Waals surface area contributed by atoms with E-state index in [1.54, 1.807) is 0 Å². The predicted molar refractivity (Wildman–Crippen MR) is 265 cm³/mol. The maximum absolute atomic E-state index is 6.91. The standard InChI is InChI=1S/C58H37NO2SSi/c1-2-14-45-39(12-1)13-11-16-46(45)40-26-31-43(32-27-40)59(44-33-34-48-47-15-3-4-17-49(47)60-51(48)37-44)42-29-24-38(25-30-42)41-28-35-56-52(36-41)61-50-18-5-8-21-55(50)63(56)57-22-9-6-19-53(57)62-54-20-7-10-23-58(54)63/h1-37H. The number of benzene rings is 10. The molecule has 2 aliphatic heterocycles. The summed E-state index contributed by atoms with van der Waals surface area (Å²) in [5.74, 6) is 1.88. The lowest BCUT2D eigenvalue weighted by atomic mass is 9.98. The largest absolute Gasteiger partial charge is 0.458 e. The van der Waals surface area contributed by atoms with Crippen LogP contribution >= 0.6 is 11.8 Å². The van der Waals surface area contributed by atoms with Crippen LogP contribution in [0.1, 0.15) is 0 Å². The van der Waals surface area contributed by atoms with Gasteiger partial charge in [0, 0.05) is 43.7 Å². The summed E-state index contributed by atoms with van der Waals surface area (Å²) >= 11 is 1.89. The highest BCUT2D eigenvalue weighted by molar-refractivity contribution is 8.00. The zero-order valence-electron chi connectivity index (χ0n) is 34.0. The second kappa shape index (κ2) is 14.2. The Bertz CT molecular complexity index is 3530. The van der Waals surface area contributed by atoms with Crippen molar-refractivity contribution in [3.05, 3.63) is 224 Å². The second-order valence-electron chi connectivity index (χ2n) is 16.4. The first kappa shape index (κ1) is 36.1. The maximum atomic E-state index is 6.91. The Labute approximate surface area is 370 Å². The van der Waals surface area contributed by atoms with Gasteiger partial charge in [0.15, 0.2) is 8.07 Å². The Morgan fingerprint density at radius 1 is 0.365 bits per heavy atom. The van der Waals surface area contributed by atoms with E-state index in [-0.39, 0.29) is 0 Å². The number of ether oxygens (including phenoxy) is 1. The molecule has 1 spiro atoms. The molecule has 296 valence electrons. The Balaban J connectivity index is 0.919. The highest BCUT2D eigenvalue weighted by Gasteiger charge is 2.51. The van der Waals surface area contributed by atoms with Crippen molar-refractivity contribution in [2.45, 2.75) is 9.79 Å². The normalized spacial score (nSPS) is 13.3. The summed E-state index contributed by atoms with van der Waals surface area (Å²) in [5, 5.41) is 10.2. The van der Waals surface area contributed by atoms with Crippen molar-refractivity contribution in [3.8, 4) is 33.8 Å². The number of rotatable bonds is 5. The molecule has 0 aliphatic carbocycles. The summed E-state index contributed by atoms with van der Waals surface area (Å²) in [6, 6.07) is 81.5. The van der Waals surface area contributed by atoms with Gasteiger partial charge in [-0.1, -0.05) is 163 Å². The molecule has 0 unspecified atom stereocenters. The SMILES string of the molecule is c1ccc2c(c1)Oc1cc(-c3ccc(N(c4ccc(-c5cccc6ccccc56)cc4)c4ccc5c(c4)oc4ccccc45)cc3)ccc1[Si]21c2ccccc2Sc2ccccc21. The molecule has 2 aliphatic rings. The van der Waals surface area contributed by atoms with E-state index in [9.17, 15) is 0 Å². The predicted octanol–water partition coefficient (Wildman–Crippen LogP) is 13.5. The Kier molecular flexibility index (Phi) is 8.17. The fraction of sp³-hybridized carbons (Fsp3) is 0. The lowest BCUT2D eigenvalue weighted by Crippen LogP contribution is -2.77. The molecule has 1 aromatic heterocycles. The van der Waals surface area contributed by atoms with Gasteiger partial charge in [0.1, 0.15) is 22.7 Å². The summed E-state index contributed by atoms with van der Waals surface area (Å²) in [6.45, 7) is 0. The first-order valence-corrected chi connectivity index (χ1v) is 24.2.